The maximum Gasteiger partial charge on any atom is 0.272 e. The molecule has 5 nitrogen and oxygen atoms in total. The van der Waals surface area contributed by atoms with Gasteiger partial charge in [0.05, 0.1) is 11.5 Å². The van der Waals surface area contributed by atoms with Crippen molar-refractivity contribution in [2.45, 2.75) is 27.3 Å². The van der Waals surface area contributed by atoms with Crippen molar-refractivity contribution in [2.75, 3.05) is 19.8 Å². The summed E-state index contributed by atoms with van der Waals surface area (Å²) in [7, 11) is 0. The summed E-state index contributed by atoms with van der Waals surface area (Å²) in [5.41, 5.74) is 1.86. The summed E-state index contributed by atoms with van der Waals surface area (Å²) in [5, 5.41) is 14.1. The number of hydrogen-bond donors (Lipinski definition) is 1. The van der Waals surface area contributed by atoms with E-state index in [1.165, 1.54) is 6.07 Å². The highest BCUT2D eigenvalue weighted by Crippen LogP contribution is 2.20. The quantitative estimate of drug-likeness (QED) is 0.446. The van der Waals surface area contributed by atoms with Crippen molar-refractivity contribution in [3.8, 4) is 0 Å². The average molecular weight is 266 g/mol. The van der Waals surface area contributed by atoms with Crippen LogP contribution in [0.1, 0.15) is 25.0 Å². The van der Waals surface area contributed by atoms with Gasteiger partial charge in [-0.15, -0.1) is 0 Å². The first-order valence-corrected chi connectivity index (χ1v) is 6.53. The fraction of sp³-hybridized carbons (Fsp3) is 0.571. The van der Waals surface area contributed by atoms with E-state index >= 15 is 0 Å². The number of benzene rings is 1. The molecule has 5 heteroatoms. The topological polar surface area (TPSA) is 64.4 Å². The van der Waals surface area contributed by atoms with Crippen molar-refractivity contribution < 1.29 is 9.66 Å². The van der Waals surface area contributed by atoms with Crippen molar-refractivity contribution in [3.05, 3.63) is 39.4 Å². The van der Waals surface area contributed by atoms with Crippen LogP contribution in [0.4, 0.5) is 5.69 Å². The summed E-state index contributed by atoms with van der Waals surface area (Å²) in [4.78, 5) is 10.5. The van der Waals surface area contributed by atoms with Crippen LogP contribution >= 0.6 is 0 Å². The molecule has 1 aromatic carbocycles. The third-order valence-electron chi connectivity index (χ3n) is 2.80. The van der Waals surface area contributed by atoms with Gasteiger partial charge in [-0.25, -0.2) is 0 Å². The first kappa shape index (κ1) is 15.6. The molecule has 0 fully saturated rings. The Labute approximate surface area is 114 Å². The van der Waals surface area contributed by atoms with Gasteiger partial charge in [0.25, 0.3) is 5.69 Å². The maximum absolute atomic E-state index is 10.8. The minimum Gasteiger partial charge on any atom is -0.380 e. The summed E-state index contributed by atoms with van der Waals surface area (Å²) in [6.07, 6.45) is 0. The number of nitrogens with one attached hydrogen (secondary N) is 1. The molecule has 106 valence electrons. The molecule has 0 saturated carbocycles. The van der Waals surface area contributed by atoms with E-state index in [4.69, 9.17) is 4.74 Å². The zero-order chi connectivity index (χ0) is 14.3. The Bertz CT molecular complexity index is 419. The number of rotatable bonds is 8. The smallest absolute Gasteiger partial charge is 0.272 e. The zero-order valence-corrected chi connectivity index (χ0v) is 11.8. The van der Waals surface area contributed by atoms with Crippen LogP contribution in [0.3, 0.4) is 0 Å². The van der Waals surface area contributed by atoms with Gasteiger partial charge < -0.3 is 10.1 Å². The van der Waals surface area contributed by atoms with Gasteiger partial charge in [-0.05, 0) is 18.4 Å². The Morgan fingerprint density at radius 3 is 2.79 bits per heavy atom. The highest BCUT2D eigenvalue weighted by Gasteiger charge is 2.12. The zero-order valence-electron chi connectivity index (χ0n) is 11.8. The van der Waals surface area contributed by atoms with Gasteiger partial charge in [0.15, 0.2) is 0 Å². The molecule has 1 rings (SSSR count). The lowest BCUT2D eigenvalue weighted by molar-refractivity contribution is -0.385. The highest BCUT2D eigenvalue weighted by atomic mass is 16.6. The fourth-order valence-corrected chi connectivity index (χ4v) is 1.75. The van der Waals surface area contributed by atoms with E-state index in [9.17, 15) is 10.1 Å². The van der Waals surface area contributed by atoms with Crippen LogP contribution in [-0.2, 0) is 11.3 Å². The molecule has 0 spiro atoms. The standard InChI is InChI=1S/C14H22N2O3/c1-11(2)10-19-8-7-15-9-13-5-4-6-14(12(13)3)16(17)18/h4-6,11,15H,7-10H2,1-3H3. The summed E-state index contributed by atoms with van der Waals surface area (Å²) in [6.45, 7) is 8.79. The van der Waals surface area contributed by atoms with Crippen LogP contribution in [-0.4, -0.2) is 24.7 Å². The van der Waals surface area contributed by atoms with Gasteiger partial charge >= 0.3 is 0 Å². The molecular formula is C14H22N2O3. The Hall–Kier alpha value is -1.46. The molecule has 0 aliphatic carbocycles. The second-order valence-electron chi connectivity index (χ2n) is 4.96. The summed E-state index contributed by atoms with van der Waals surface area (Å²) in [5.74, 6) is 0.541. The molecule has 19 heavy (non-hydrogen) atoms. The van der Waals surface area contributed by atoms with E-state index in [2.05, 4.69) is 19.2 Å². The molecule has 0 aliphatic heterocycles. The average Bonchev–Trinajstić information content (AvgIpc) is 2.34. The van der Waals surface area contributed by atoms with Gasteiger partial charge in [0, 0.05) is 31.3 Å². The normalized spacial score (nSPS) is 10.9. The molecule has 0 saturated heterocycles. The minimum atomic E-state index is -0.343. The number of nitro groups is 1. The molecule has 0 aliphatic rings. The molecule has 0 radical (unpaired) electrons. The van der Waals surface area contributed by atoms with Crippen molar-refractivity contribution >= 4 is 5.69 Å². The van der Waals surface area contributed by atoms with Crippen LogP contribution in [0.2, 0.25) is 0 Å². The third kappa shape index (κ3) is 5.36. The minimum absolute atomic E-state index is 0.176. The van der Waals surface area contributed by atoms with E-state index in [0.29, 0.717) is 19.1 Å². The van der Waals surface area contributed by atoms with Crippen molar-refractivity contribution in [1.29, 1.82) is 0 Å². The summed E-state index contributed by atoms with van der Waals surface area (Å²) in [6, 6.07) is 5.16. The third-order valence-corrected chi connectivity index (χ3v) is 2.80. The van der Waals surface area contributed by atoms with Crippen LogP contribution < -0.4 is 5.32 Å². The molecule has 1 N–H and O–H groups in total. The second kappa shape index (κ2) is 7.86. The van der Waals surface area contributed by atoms with Gasteiger partial charge in [0.1, 0.15) is 0 Å². The monoisotopic (exact) mass is 266 g/mol. The van der Waals surface area contributed by atoms with Crippen LogP contribution in [0, 0.1) is 23.0 Å². The molecular weight excluding hydrogens is 244 g/mol. The van der Waals surface area contributed by atoms with E-state index < -0.39 is 0 Å². The molecule has 0 aromatic heterocycles. The second-order valence-corrected chi connectivity index (χ2v) is 4.96. The molecule has 1 aromatic rings. The van der Waals surface area contributed by atoms with Gasteiger partial charge in [-0.1, -0.05) is 26.0 Å². The molecule has 0 atom stereocenters. The number of nitrogens with zero attached hydrogens (tertiary/aromatic N) is 1. The maximum atomic E-state index is 10.8. The van der Waals surface area contributed by atoms with Crippen molar-refractivity contribution in [3.63, 3.8) is 0 Å². The molecule has 0 unspecified atom stereocenters. The number of hydrogen-bond acceptors (Lipinski definition) is 4. The largest absolute Gasteiger partial charge is 0.380 e. The van der Waals surface area contributed by atoms with E-state index in [0.717, 1.165) is 24.3 Å². The number of nitro benzene ring substituents is 1. The van der Waals surface area contributed by atoms with Crippen LogP contribution in [0.15, 0.2) is 18.2 Å². The Morgan fingerprint density at radius 2 is 2.16 bits per heavy atom. The van der Waals surface area contributed by atoms with Crippen LogP contribution in [0.25, 0.3) is 0 Å². The molecule has 0 bridgehead atoms. The first-order chi connectivity index (χ1) is 9.02. The first-order valence-electron chi connectivity index (χ1n) is 6.53. The Kier molecular flexibility index (Phi) is 6.45. The summed E-state index contributed by atoms with van der Waals surface area (Å²) >= 11 is 0. The van der Waals surface area contributed by atoms with Crippen molar-refractivity contribution in [2.24, 2.45) is 5.92 Å². The van der Waals surface area contributed by atoms with Crippen molar-refractivity contribution in [1.82, 2.24) is 5.32 Å². The van der Waals surface area contributed by atoms with Gasteiger partial charge in [-0.3, -0.25) is 10.1 Å². The lowest BCUT2D eigenvalue weighted by Gasteiger charge is -2.09. The highest BCUT2D eigenvalue weighted by molar-refractivity contribution is 5.44. The number of ether oxygens (including phenoxy) is 1. The molecule has 0 heterocycles. The van der Waals surface area contributed by atoms with E-state index in [1.807, 2.05) is 6.07 Å². The van der Waals surface area contributed by atoms with Gasteiger partial charge in [-0.2, -0.15) is 0 Å². The van der Waals surface area contributed by atoms with E-state index in [1.54, 1.807) is 13.0 Å². The van der Waals surface area contributed by atoms with Gasteiger partial charge in [0.2, 0.25) is 0 Å². The predicted molar refractivity (Wildman–Crippen MR) is 75.2 cm³/mol. The lowest BCUT2D eigenvalue weighted by atomic mass is 10.1. The Balaban J connectivity index is 2.37. The molecule has 0 amide bonds. The summed E-state index contributed by atoms with van der Waals surface area (Å²) < 4.78 is 5.45. The SMILES string of the molecule is Cc1c(CNCCOCC(C)C)cccc1[N+](=O)[O-]. The lowest BCUT2D eigenvalue weighted by Crippen LogP contribution is -2.20. The Morgan fingerprint density at radius 1 is 1.42 bits per heavy atom. The predicted octanol–water partition coefficient (Wildman–Crippen LogP) is 2.67. The fourth-order valence-electron chi connectivity index (χ4n) is 1.75. The van der Waals surface area contributed by atoms with E-state index in [-0.39, 0.29) is 10.6 Å². The van der Waals surface area contributed by atoms with Crippen LogP contribution in [0.5, 0.6) is 0 Å².